The van der Waals surface area contributed by atoms with Crippen LogP contribution in [0.25, 0.3) is 70.6 Å². The quantitative estimate of drug-likeness (QED) is 0.164. The molecular weight excluding hydrogens is 894 g/mol. The van der Waals surface area contributed by atoms with Gasteiger partial charge in [-0.1, -0.05) is 148 Å². The summed E-state index contributed by atoms with van der Waals surface area (Å²) in [5, 5.41) is 6.18. The summed E-state index contributed by atoms with van der Waals surface area (Å²) in [4.78, 5) is 5.12. The lowest BCUT2D eigenvalue weighted by Crippen LogP contribution is -2.59. The molecule has 0 fully saturated rings. The van der Waals surface area contributed by atoms with Crippen LogP contribution >= 0.6 is 11.3 Å². The lowest BCUT2D eigenvalue weighted by molar-refractivity contribution is 0.332. The van der Waals surface area contributed by atoms with E-state index in [9.17, 15) is 0 Å². The first-order valence-electron chi connectivity index (χ1n) is 26.0. The number of thiophene rings is 1. The molecule has 4 nitrogen and oxygen atoms in total. The van der Waals surface area contributed by atoms with Gasteiger partial charge < -0.3 is 18.7 Å². The van der Waals surface area contributed by atoms with E-state index in [1.165, 1.54) is 98.0 Å². The Kier molecular flexibility index (Phi) is 8.99. The minimum Gasteiger partial charge on any atom is -0.455 e. The summed E-state index contributed by atoms with van der Waals surface area (Å²) >= 11 is 1.98. The van der Waals surface area contributed by atoms with E-state index >= 15 is 0 Å². The van der Waals surface area contributed by atoms with Crippen LogP contribution in [0.3, 0.4) is 0 Å². The normalized spacial score (nSPS) is 15.7. The Morgan fingerprint density at radius 2 is 1.21 bits per heavy atom. The van der Waals surface area contributed by atoms with Gasteiger partial charge in [0, 0.05) is 65.0 Å². The first-order chi connectivity index (χ1) is 34.5. The number of furan rings is 1. The van der Waals surface area contributed by atoms with E-state index in [0.29, 0.717) is 0 Å². The van der Waals surface area contributed by atoms with Gasteiger partial charge in [0.25, 0.3) is 0 Å². The Labute approximate surface area is 427 Å². The fourth-order valence-electron chi connectivity index (χ4n) is 12.9. The summed E-state index contributed by atoms with van der Waals surface area (Å²) in [5.74, 6) is 0. The maximum atomic E-state index is 7.39. The van der Waals surface area contributed by atoms with E-state index in [2.05, 4.69) is 241 Å². The van der Waals surface area contributed by atoms with Crippen molar-refractivity contribution in [2.75, 3.05) is 9.71 Å². The predicted molar refractivity (Wildman–Crippen MR) is 310 cm³/mol. The van der Waals surface area contributed by atoms with Crippen molar-refractivity contribution in [3.63, 3.8) is 0 Å². The zero-order chi connectivity index (χ0) is 49.4. The molecule has 0 atom stereocenters. The van der Waals surface area contributed by atoms with Crippen molar-refractivity contribution in [1.82, 2.24) is 4.57 Å². The van der Waals surface area contributed by atoms with Crippen LogP contribution in [0, 0.1) is 0 Å². The van der Waals surface area contributed by atoms with Gasteiger partial charge in [-0.2, -0.15) is 0 Å². The molecule has 8 aromatic carbocycles. The first kappa shape index (κ1) is 43.7. The minimum absolute atomic E-state index is 0.00155. The molecule has 6 heteroatoms. The molecule has 0 unspecified atom stereocenters. The van der Waals surface area contributed by atoms with Gasteiger partial charge in [-0.15, -0.1) is 11.3 Å². The molecule has 354 valence electrons. The number of rotatable bonds is 4. The highest BCUT2D eigenvalue weighted by atomic mass is 32.1. The van der Waals surface area contributed by atoms with Crippen molar-refractivity contribution < 1.29 is 4.42 Å². The van der Waals surface area contributed by atoms with Gasteiger partial charge in [0.15, 0.2) is 0 Å². The average molecular weight is 954 g/mol. The third kappa shape index (κ3) is 6.11. The zero-order valence-electron chi connectivity index (χ0n) is 43.2. The molecular formula is C66H60BN3OS. The smallest absolute Gasteiger partial charge is 0.343 e. The molecule has 3 aromatic heterocycles. The SMILES string of the molecule is CC(C)(C)c1ccc(N2B3c4sc5ccc(C(C)(C)C)cc5c4-n4c5cc6c(cc5c5c7oc8ccccc8c7c(c3c54)-c3ccc(N(c4ccccc4)c4ccccc4)cc32)C(C)(C)CCC6(C)C)cc1. The van der Waals surface area contributed by atoms with E-state index in [1.54, 1.807) is 0 Å². The van der Waals surface area contributed by atoms with Gasteiger partial charge in [0.1, 0.15) is 11.2 Å². The molecule has 0 saturated heterocycles. The van der Waals surface area contributed by atoms with Crippen molar-refractivity contribution in [2.45, 2.75) is 104 Å². The fourth-order valence-corrected chi connectivity index (χ4v) is 14.2. The summed E-state index contributed by atoms with van der Waals surface area (Å²) in [5.41, 5.74) is 20.9. The molecule has 5 heterocycles. The van der Waals surface area contributed by atoms with Crippen LogP contribution in [0.15, 0.2) is 162 Å². The standard InChI is InChI=1S/C66H60BN3OS/c1-63(2,3)39-25-28-43(29-26-39)70-52-36-44(68(41-19-13-11-14-20-41)42-21-15-12-16-22-42)30-31-45(52)55-56-46-23-17-18-24-53(46)71-61(56)57-47-37-49-50(66(9,10)34-33-65(49,7)8)38-51(47)69-59-48-35-40(64(4,5)6)27-32-54(48)72-62(59)67(70)58(55)60(57)69/h11-32,35-38H,33-34H2,1-10H3. The second-order valence-corrected chi connectivity index (χ2v) is 25.5. The van der Waals surface area contributed by atoms with Crippen molar-refractivity contribution in [2.24, 2.45) is 0 Å². The Balaban J connectivity index is 1.20. The Hall–Kier alpha value is -7.02. The van der Waals surface area contributed by atoms with Crippen molar-refractivity contribution in [1.29, 1.82) is 0 Å². The molecule has 0 amide bonds. The van der Waals surface area contributed by atoms with E-state index in [0.717, 1.165) is 46.5 Å². The number of hydrogen-bond acceptors (Lipinski definition) is 4. The highest BCUT2D eigenvalue weighted by Gasteiger charge is 2.48. The van der Waals surface area contributed by atoms with Crippen LogP contribution in [-0.4, -0.2) is 11.4 Å². The van der Waals surface area contributed by atoms with Gasteiger partial charge in [-0.3, -0.25) is 0 Å². The molecule has 1 aliphatic carbocycles. The molecule has 0 spiro atoms. The van der Waals surface area contributed by atoms with Crippen LogP contribution in [0.1, 0.15) is 104 Å². The lowest BCUT2D eigenvalue weighted by atomic mass is 9.47. The monoisotopic (exact) mass is 953 g/mol. The van der Waals surface area contributed by atoms with Crippen LogP contribution in [0.5, 0.6) is 0 Å². The van der Waals surface area contributed by atoms with E-state index in [-0.39, 0.29) is 28.5 Å². The van der Waals surface area contributed by atoms with Gasteiger partial charge in [0.05, 0.1) is 22.1 Å². The third-order valence-corrected chi connectivity index (χ3v) is 18.1. The zero-order valence-corrected chi connectivity index (χ0v) is 44.0. The second kappa shape index (κ2) is 14.8. The fraction of sp³-hybridized carbons (Fsp3) is 0.242. The Bertz CT molecular complexity index is 4030. The van der Waals surface area contributed by atoms with Crippen LogP contribution < -0.4 is 20.0 Å². The summed E-state index contributed by atoms with van der Waals surface area (Å²) in [6.07, 6.45) is 2.30. The summed E-state index contributed by atoms with van der Waals surface area (Å²) in [7, 11) is 0. The van der Waals surface area contributed by atoms with Crippen molar-refractivity contribution in [3.05, 3.63) is 180 Å². The average Bonchev–Trinajstić information content (AvgIpc) is 4.04. The van der Waals surface area contributed by atoms with E-state index in [1.807, 2.05) is 11.3 Å². The highest BCUT2D eigenvalue weighted by Crippen LogP contribution is 2.56. The summed E-state index contributed by atoms with van der Waals surface area (Å²) < 4.78 is 12.8. The van der Waals surface area contributed by atoms with Crippen molar-refractivity contribution >= 4 is 111 Å². The molecule has 72 heavy (non-hydrogen) atoms. The number of anilines is 5. The molecule has 14 rings (SSSR count). The second-order valence-electron chi connectivity index (χ2n) is 24.4. The van der Waals surface area contributed by atoms with Crippen LogP contribution in [-0.2, 0) is 21.7 Å². The predicted octanol–water partition coefficient (Wildman–Crippen LogP) is 17.5. The molecule has 0 bridgehead atoms. The largest absolute Gasteiger partial charge is 0.455 e. The number of aromatic nitrogens is 1. The van der Waals surface area contributed by atoms with E-state index in [4.69, 9.17) is 4.42 Å². The van der Waals surface area contributed by atoms with Gasteiger partial charge in [-0.25, -0.2) is 0 Å². The molecule has 0 N–H and O–H groups in total. The van der Waals surface area contributed by atoms with Crippen LogP contribution in [0.2, 0.25) is 0 Å². The maximum Gasteiger partial charge on any atom is 0.343 e. The van der Waals surface area contributed by atoms with E-state index < -0.39 is 0 Å². The minimum atomic E-state index is -0.157. The molecule has 0 saturated carbocycles. The third-order valence-electron chi connectivity index (χ3n) is 16.9. The molecule has 2 aliphatic heterocycles. The molecule has 11 aromatic rings. The number of hydrogen-bond donors (Lipinski definition) is 0. The Morgan fingerprint density at radius 3 is 1.88 bits per heavy atom. The van der Waals surface area contributed by atoms with Crippen molar-refractivity contribution in [3.8, 4) is 16.8 Å². The number of nitrogens with zero attached hydrogens (tertiary/aromatic N) is 3. The summed E-state index contributed by atoms with van der Waals surface area (Å²) in [6, 6.07) is 59.7. The van der Waals surface area contributed by atoms with Gasteiger partial charge in [-0.05, 0) is 147 Å². The number of benzene rings is 8. The topological polar surface area (TPSA) is 24.6 Å². The number of para-hydroxylation sites is 3. The van der Waals surface area contributed by atoms with Gasteiger partial charge >= 0.3 is 6.85 Å². The Morgan fingerprint density at radius 1 is 0.583 bits per heavy atom. The number of fused-ring (bicyclic) bond motifs is 16. The maximum absolute atomic E-state index is 7.39. The summed E-state index contributed by atoms with van der Waals surface area (Å²) in [6.45, 7) is 23.7. The lowest BCUT2D eigenvalue weighted by Gasteiger charge is -2.42. The van der Waals surface area contributed by atoms with Crippen LogP contribution in [0.4, 0.5) is 28.4 Å². The first-order valence-corrected chi connectivity index (χ1v) is 26.8. The molecule has 0 radical (unpaired) electrons. The molecule has 3 aliphatic rings. The van der Waals surface area contributed by atoms with Gasteiger partial charge in [0.2, 0.25) is 0 Å². The highest BCUT2D eigenvalue weighted by molar-refractivity contribution is 7.32.